The number of benzene rings is 1. The molecule has 0 unspecified atom stereocenters. The van der Waals surface area contributed by atoms with E-state index in [1.165, 1.54) is 5.39 Å². The molecule has 0 aliphatic heterocycles. The predicted molar refractivity (Wildman–Crippen MR) is 57.1 cm³/mol. The van der Waals surface area contributed by atoms with Gasteiger partial charge in [-0.05, 0) is 31.9 Å². The first-order valence-corrected chi connectivity index (χ1v) is 5.06. The molecule has 0 spiro atoms. The van der Waals surface area contributed by atoms with Crippen molar-refractivity contribution in [2.75, 3.05) is 0 Å². The molecule has 0 saturated carbocycles. The zero-order valence-electron chi connectivity index (χ0n) is 6.09. The van der Waals surface area contributed by atoms with Crippen LogP contribution in [0.4, 0.5) is 0 Å². The number of halogens is 2. The summed E-state index contributed by atoms with van der Waals surface area (Å²) in [6, 6.07) is 8.12. The summed E-state index contributed by atoms with van der Waals surface area (Å²) >= 11 is 6.83. The van der Waals surface area contributed by atoms with Crippen LogP contribution >= 0.6 is 31.9 Å². The van der Waals surface area contributed by atoms with Crippen LogP contribution in [0.2, 0.25) is 0 Å². The van der Waals surface area contributed by atoms with E-state index in [1.807, 2.05) is 24.4 Å². The van der Waals surface area contributed by atoms with E-state index in [4.69, 9.17) is 0 Å². The lowest BCUT2D eigenvalue weighted by atomic mass is 10.2. The second-order valence-electron chi connectivity index (χ2n) is 2.45. The normalized spacial score (nSPS) is 10.5. The van der Waals surface area contributed by atoms with E-state index in [-0.39, 0.29) is 0 Å². The quantitative estimate of drug-likeness (QED) is 0.672. The second-order valence-corrected chi connectivity index (χ2v) is 3.99. The van der Waals surface area contributed by atoms with Gasteiger partial charge < -0.3 is 0 Å². The van der Waals surface area contributed by atoms with E-state index in [2.05, 4.69) is 42.9 Å². The van der Waals surface area contributed by atoms with Crippen molar-refractivity contribution in [3.05, 3.63) is 39.5 Å². The fourth-order valence-electron chi connectivity index (χ4n) is 1.10. The molecular weight excluding hydrogens is 282 g/mol. The highest BCUT2D eigenvalue weighted by molar-refractivity contribution is 9.13. The third kappa shape index (κ3) is 1.27. The van der Waals surface area contributed by atoms with Crippen molar-refractivity contribution >= 4 is 42.6 Å². The molecule has 2 rings (SSSR count). The van der Waals surface area contributed by atoms with E-state index in [0.717, 1.165) is 14.5 Å². The van der Waals surface area contributed by atoms with Gasteiger partial charge >= 0.3 is 0 Å². The number of hydrogen-bond donors (Lipinski definition) is 0. The Hall–Kier alpha value is -0.410. The number of hydrogen-bond acceptors (Lipinski definition) is 1. The van der Waals surface area contributed by atoms with E-state index in [0.29, 0.717) is 0 Å². The number of aromatic nitrogens is 1. The Morgan fingerprint density at radius 2 is 1.83 bits per heavy atom. The van der Waals surface area contributed by atoms with Gasteiger partial charge in [-0.1, -0.05) is 24.3 Å². The van der Waals surface area contributed by atoms with E-state index in [1.54, 1.807) is 0 Å². The Morgan fingerprint density at radius 3 is 2.67 bits per heavy atom. The lowest BCUT2D eigenvalue weighted by Gasteiger charge is -2.00. The van der Waals surface area contributed by atoms with Crippen LogP contribution in [0.25, 0.3) is 10.8 Å². The van der Waals surface area contributed by atoms with Crippen molar-refractivity contribution < 1.29 is 0 Å². The van der Waals surface area contributed by atoms with Crippen LogP contribution < -0.4 is 0 Å². The fourth-order valence-corrected chi connectivity index (χ4v) is 1.88. The fraction of sp³-hybridized carbons (Fsp3) is 0. The van der Waals surface area contributed by atoms with Gasteiger partial charge in [0.05, 0.1) is 4.47 Å². The van der Waals surface area contributed by atoms with E-state index < -0.39 is 0 Å². The standard InChI is InChI=1S/C9H5Br2N/c10-8-7-4-2-1-3-6(7)5-12-9(8)11/h1-5H. The zero-order chi connectivity index (χ0) is 8.55. The molecule has 0 bridgehead atoms. The highest BCUT2D eigenvalue weighted by Gasteiger charge is 2.01. The molecule has 2 aromatic rings. The summed E-state index contributed by atoms with van der Waals surface area (Å²) in [5, 5.41) is 2.33. The Morgan fingerprint density at radius 1 is 1.08 bits per heavy atom. The summed E-state index contributed by atoms with van der Waals surface area (Å²) in [5.41, 5.74) is 0. The summed E-state index contributed by atoms with van der Waals surface area (Å²) in [6.07, 6.45) is 1.85. The molecule has 0 saturated heterocycles. The maximum Gasteiger partial charge on any atom is 0.120 e. The molecule has 0 radical (unpaired) electrons. The van der Waals surface area contributed by atoms with Crippen molar-refractivity contribution in [3.63, 3.8) is 0 Å². The smallest absolute Gasteiger partial charge is 0.120 e. The molecule has 0 aliphatic carbocycles. The third-order valence-electron chi connectivity index (χ3n) is 1.70. The number of fused-ring (bicyclic) bond motifs is 1. The number of rotatable bonds is 0. The average Bonchev–Trinajstić information content (AvgIpc) is 2.12. The molecule has 1 aromatic heterocycles. The summed E-state index contributed by atoms with van der Waals surface area (Å²) in [6.45, 7) is 0. The Bertz CT molecular complexity index is 426. The highest BCUT2D eigenvalue weighted by Crippen LogP contribution is 2.28. The first-order valence-electron chi connectivity index (χ1n) is 3.48. The molecule has 0 fully saturated rings. The topological polar surface area (TPSA) is 12.9 Å². The first kappa shape index (κ1) is 8.20. The molecule has 0 N–H and O–H groups in total. The van der Waals surface area contributed by atoms with Crippen LogP contribution in [0.15, 0.2) is 39.5 Å². The van der Waals surface area contributed by atoms with Crippen LogP contribution in [0.1, 0.15) is 0 Å². The highest BCUT2D eigenvalue weighted by atomic mass is 79.9. The Balaban J connectivity index is 2.91. The molecule has 1 aromatic carbocycles. The van der Waals surface area contributed by atoms with Crippen molar-refractivity contribution in [3.8, 4) is 0 Å². The summed E-state index contributed by atoms with van der Waals surface area (Å²) < 4.78 is 1.86. The lowest BCUT2D eigenvalue weighted by Crippen LogP contribution is -1.79. The molecule has 12 heavy (non-hydrogen) atoms. The maximum atomic E-state index is 4.18. The minimum absolute atomic E-state index is 0.848. The SMILES string of the molecule is Brc1ncc2ccccc2c1Br. The largest absolute Gasteiger partial charge is 0.248 e. The van der Waals surface area contributed by atoms with Gasteiger partial charge in [0, 0.05) is 17.0 Å². The van der Waals surface area contributed by atoms with Crippen molar-refractivity contribution in [1.29, 1.82) is 0 Å². The van der Waals surface area contributed by atoms with E-state index in [9.17, 15) is 0 Å². The van der Waals surface area contributed by atoms with Crippen LogP contribution in [-0.2, 0) is 0 Å². The van der Waals surface area contributed by atoms with Crippen LogP contribution in [0, 0.1) is 0 Å². The Kier molecular flexibility index (Phi) is 2.15. The zero-order valence-corrected chi connectivity index (χ0v) is 9.26. The summed E-state index contributed by atoms with van der Waals surface area (Å²) in [5.74, 6) is 0. The van der Waals surface area contributed by atoms with Gasteiger partial charge in [0.1, 0.15) is 4.60 Å². The van der Waals surface area contributed by atoms with Gasteiger partial charge in [0.25, 0.3) is 0 Å². The summed E-state index contributed by atoms with van der Waals surface area (Å²) in [4.78, 5) is 4.18. The van der Waals surface area contributed by atoms with Crippen molar-refractivity contribution in [1.82, 2.24) is 4.98 Å². The lowest BCUT2D eigenvalue weighted by molar-refractivity contribution is 1.29. The molecule has 0 atom stereocenters. The van der Waals surface area contributed by atoms with Gasteiger partial charge in [-0.3, -0.25) is 0 Å². The molecule has 1 nitrogen and oxygen atoms in total. The van der Waals surface area contributed by atoms with E-state index >= 15 is 0 Å². The van der Waals surface area contributed by atoms with Gasteiger partial charge in [0.2, 0.25) is 0 Å². The first-order chi connectivity index (χ1) is 5.79. The second kappa shape index (κ2) is 3.15. The number of nitrogens with zero attached hydrogens (tertiary/aromatic N) is 1. The van der Waals surface area contributed by atoms with Crippen LogP contribution in [-0.4, -0.2) is 4.98 Å². The molecule has 3 heteroatoms. The number of pyridine rings is 1. The minimum Gasteiger partial charge on any atom is -0.248 e. The van der Waals surface area contributed by atoms with Crippen LogP contribution in [0.5, 0.6) is 0 Å². The third-order valence-corrected chi connectivity index (χ3v) is 3.63. The van der Waals surface area contributed by atoms with Gasteiger partial charge in [-0.2, -0.15) is 0 Å². The molecule has 60 valence electrons. The average molecular weight is 287 g/mol. The molecule has 0 amide bonds. The predicted octanol–water partition coefficient (Wildman–Crippen LogP) is 3.76. The van der Waals surface area contributed by atoms with Crippen molar-refractivity contribution in [2.24, 2.45) is 0 Å². The summed E-state index contributed by atoms with van der Waals surface area (Å²) in [7, 11) is 0. The monoisotopic (exact) mass is 285 g/mol. The van der Waals surface area contributed by atoms with Gasteiger partial charge in [-0.15, -0.1) is 0 Å². The van der Waals surface area contributed by atoms with Gasteiger partial charge in [-0.25, -0.2) is 4.98 Å². The molecular formula is C9H5Br2N. The Labute approximate surface area is 87.1 Å². The van der Waals surface area contributed by atoms with Crippen LogP contribution in [0.3, 0.4) is 0 Å². The van der Waals surface area contributed by atoms with Crippen molar-refractivity contribution in [2.45, 2.75) is 0 Å². The maximum absolute atomic E-state index is 4.18. The molecule has 0 aliphatic rings. The minimum atomic E-state index is 0.848. The van der Waals surface area contributed by atoms with Gasteiger partial charge in [0.15, 0.2) is 0 Å². The molecule has 1 heterocycles.